The average molecular weight is 411 g/mol. The molecule has 3 heterocycles. The van der Waals surface area contributed by atoms with E-state index in [0.29, 0.717) is 12.1 Å². The molecule has 2 aromatic rings. The maximum Gasteiger partial charge on any atom is 0.257 e. The Morgan fingerprint density at radius 1 is 1.38 bits per heavy atom. The summed E-state index contributed by atoms with van der Waals surface area (Å²) in [6, 6.07) is 0.0889. The largest absolute Gasteiger partial charge is 0.352 e. The van der Waals surface area contributed by atoms with Gasteiger partial charge in [0.25, 0.3) is 5.91 Å². The summed E-state index contributed by atoms with van der Waals surface area (Å²) in [5, 5.41) is 4.83. The fraction of sp³-hybridized carbons (Fsp3) is 0.467. The Morgan fingerprint density at radius 2 is 2.17 bits per heavy atom. The van der Waals surface area contributed by atoms with Crippen molar-refractivity contribution in [2.75, 3.05) is 30.8 Å². The minimum absolute atomic E-state index is 0.0294. The highest BCUT2D eigenvalue weighted by molar-refractivity contribution is 9.10. The molecular formula is C15H19BrN6OS. The van der Waals surface area contributed by atoms with E-state index in [1.54, 1.807) is 23.3 Å². The van der Waals surface area contributed by atoms with Crippen molar-refractivity contribution in [1.29, 1.82) is 0 Å². The van der Waals surface area contributed by atoms with E-state index in [9.17, 15) is 4.79 Å². The summed E-state index contributed by atoms with van der Waals surface area (Å²) in [5.74, 6) is 0.913. The molecule has 1 atom stereocenters. The predicted molar refractivity (Wildman–Crippen MR) is 97.4 cm³/mol. The standard InChI is InChI=1S/C15H19BrN6OS/c1-10-8-21(13-12(16)7-17-15(19-13)24-3)4-5-22(10)14(23)11-6-18-20(2)9-11/h6-7,9-10H,4-5,8H2,1-3H3. The normalized spacial score (nSPS) is 18.1. The highest BCUT2D eigenvalue weighted by Gasteiger charge is 2.30. The minimum atomic E-state index is 0.0294. The number of aryl methyl sites for hydroxylation is 1. The number of anilines is 1. The Balaban J connectivity index is 1.74. The summed E-state index contributed by atoms with van der Waals surface area (Å²) in [4.78, 5) is 25.6. The zero-order valence-corrected chi connectivity index (χ0v) is 16.2. The van der Waals surface area contributed by atoms with E-state index in [-0.39, 0.29) is 11.9 Å². The van der Waals surface area contributed by atoms with Gasteiger partial charge in [-0.1, -0.05) is 11.8 Å². The number of piperazine rings is 1. The average Bonchev–Trinajstić information content (AvgIpc) is 3.01. The summed E-state index contributed by atoms with van der Waals surface area (Å²) in [6.07, 6.45) is 7.12. The Hall–Kier alpha value is -1.61. The minimum Gasteiger partial charge on any atom is -0.352 e. The van der Waals surface area contributed by atoms with Crippen molar-refractivity contribution in [2.45, 2.75) is 18.1 Å². The van der Waals surface area contributed by atoms with Crippen molar-refractivity contribution in [3.8, 4) is 0 Å². The summed E-state index contributed by atoms with van der Waals surface area (Å²) >= 11 is 5.05. The lowest BCUT2D eigenvalue weighted by atomic mass is 10.1. The predicted octanol–water partition coefficient (Wildman–Crippen LogP) is 2.05. The molecule has 0 N–H and O–H groups in total. The van der Waals surface area contributed by atoms with Crippen molar-refractivity contribution in [3.63, 3.8) is 0 Å². The molecule has 0 spiro atoms. The van der Waals surface area contributed by atoms with Crippen LogP contribution in [0.3, 0.4) is 0 Å². The number of amides is 1. The molecule has 0 radical (unpaired) electrons. The number of halogens is 1. The van der Waals surface area contributed by atoms with E-state index < -0.39 is 0 Å². The number of aromatic nitrogens is 4. The van der Waals surface area contributed by atoms with Crippen molar-refractivity contribution in [2.24, 2.45) is 7.05 Å². The first-order valence-corrected chi connectivity index (χ1v) is 9.62. The summed E-state index contributed by atoms with van der Waals surface area (Å²) in [5.41, 5.74) is 0.630. The first-order valence-electron chi connectivity index (χ1n) is 7.60. The monoisotopic (exact) mass is 410 g/mol. The molecule has 1 aliphatic rings. The van der Waals surface area contributed by atoms with Gasteiger partial charge >= 0.3 is 0 Å². The van der Waals surface area contributed by atoms with Crippen molar-refractivity contribution >= 4 is 39.4 Å². The van der Waals surface area contributed by atoms with Crippen molar-refractivity contribution < 1.29 is 4.79 Å². The van der Waals surface area contributed by atoms with Crippen LogP contribution in [0.2, 0.25) is 0 Å². The van der Waals surface area contributed by atoms with Gasteiger partial charge in [0.1, 0.15) is 5.82 Å². The van der Waals surface area contributed by atoms with Crippen LogP contribution in [0.5, 0.6) is 0 Å². The number of nitrogens with zero attached hydrogens (tertiary/aromatic N) is 6. The molecular weight excluding hydrogens is 392 g/mol. The number of carbonyl (C=O) groups is 1. The second kappa shape index (κ2) is 7.10. The molecule has 0 aromatic carbocycles. The van der Waals surface area contributed by atoms with Gasteiger partial charge in [0.05, 0.1) is 16.2 Å². The van der Waals surface area contributed by atoms with Crippen LogP contribution < -0.4 is 4.90 Å². The van der Waals surface area contributed by atoms with E-state index >= 15 is 0 Å². The Kier molecular flexibility index (Phi) is 5.09. The molecule has 0 bridgehead atoms. The zero-order valence-electron chi connectivity index (χ0n) is 13.8. The molecule has 1 unspecified atom stereocenters. The lowest BCUT2D eigenvalue weighted by Gasteiger charge is -2.40. The smallest absolute Gasteiger partial charge is 0.257 e. The van der Waals surface area contributed by atoms with Gasteiger partial charge in [-0.15, -0.1) is 0 Å². The summed E-state index contributed by atoms with van der Waals surface area (Å²) in [6.45, 7) is 4.18. The highest BCUT2D eigenvalue weighted by atomic mass is 79.9. The second-order valence-electron chi connectivity index (χ2n) is 5.72. The van der Waals surface area contributed by atoms with Gasteiger partial charge in [0.15, 0.2) is 5.16 Å². The van der Waals surface area contributed by atoms with E-state index in [0.717, 1.165) is 28.5 Å². The molecule has 9 heteroatoms. The van der Waals surface area contributed by atoms with Gasteiger partial charge in [0, 0.05) is 45.1 Å². The second-order valence-corrected chi connectivity index (χ2v) is 7.35. The highest BCUT2D eigenvalue weighted by Crippen LogP contribution is 2.27. The Labute approximate surface area is 153 Å². The van der Waals surface area contributed by atoms with E-state index in [1.807, 2.05) is 18.2 Å². The zero-order chi connectivity index (χ0) is 17.3. The fourth-order valence-corrected chi connectivity index (χ4v) is 3.59. The van der Waals surface area contributed by atoms with E-state index in [1.165, 1.54) is 11.8 Å². The molecule has 0 aliphatic carbocycles. The van der Waals surface area contributed by atoms with Gasteiger partial charge in [0.2, 0.25) is 0 Å². The van der Waals surface area contributed by atoms with Crippen LogP contribution in [0.1, 0.15) is 17.3 Å². The molecule has 1 amide bonds. The van der Waals surface area contributed by atoms with Crippen LogP contribution in [0.4, 0.5) is 5.82 Å². The number of thioether (sulfide) groups is 1. The van der Waals surface area contributed by atoms with Crippen LogP contribution in [0.25, 0.3) is 0 Å². The van der Waals surface area contributed by atoms with Gasteiger partial charge in [-0.05, 0) is 29.1 Å². The molecule has 24 heavy (non-hydrogen) atoms. The summed E-state index contributed by atoms with van der Waals surface area (Å²) < 4.78 is 2.52. The van der Waals surface area contributed by atoms with Crippen molar-refractivity contribution in [1.82, 2.24) is 24.6 Å². The van der Waals surface area contributed by atoms with Crippen LogP contribution in [-0.2, 0) is 7.05 Å². The quantitative estimate of drug-likeness (QED) is 0.569. The Morgan fingerprint density at radius 3 is 2.79 bits per heavy atom. The van der Waals surface area contributed by atoms with Crippen LogP contribution >= 0.6 is 27.7 Å². The Bertz CT molecular complexity index is 751. The SMILES string of the molecule is CSc1ncc(Br)c(N2CCN(C(=O)c3cnn(C)c3)C(C)C2)n1. The molecule has 2 aromatic heterocycles. The van der Waals surface area contributed by atoms with Crippen molar-refractivity contribution in [3.05, 3.63) is 28.6 Å². The molecule has 1 fully saturated rings. The topological polar surface area (TPSA) is 67.2 Å². The first-order chi connectivity index (χ1) is 11.5. The third kappa shape index (κ3) is 3.41. The molecule has 0 saturated carbocycles. The van der Waals surface area contributed by atoms with E-state index in [4.69, 9.17) is 0 Å². The summed E-state index contributed by atoms with van der Waals surface area (Å²) in [7, 11) is 1.81. The first kappa shape index (κ1) is 17.2. The number of hydrogen-bond donors (Lipinski definition) is 0. The van der Waals surface area contributed by atoms with Crippen LogP contribution in [0.15, 0.2) is 28.2 Å². The fourth-order valence-electron chi connectivity index (χ4n) is 2.81. The van der Waals surface area contributed by atoms with Gasteiger partial charge in [-0.25, -0.2) is 9.97 Å². The number of hydrogen-bond acceptors (Lipinski definition) is 6. The van der Waals surface area contributed by atoms with Gasteiger partial charge < -0.3 is 9.80 Å². The lowest BCUT2D eigenvalue weighted by Crippen LogP contribution is -2.54. The molecule has 7 nitrogen and oxygen atoms in total. The lowest BCUT2D eigenvalue weighted by molar-refractivity contribution is 0.0673. The third-order valence-corrected chi connectivity index (χ3v) is 5.15. The third-order valence-electron chi connectivity index (χ3n) is 4.03. The molecule has 1 saturated heterocycles. The number of carbonyl (C=O) groups excluding carboxylic acids is 1. The van der Waals surface area contributed by atoms with Crippen LogP contribution in [0, 0.1) is 0 Å². The van der Waals surface area contributed by atoms with Crippen LogP contribution in [-0.4, -0.2) is 62.5 Å². The number of rotatable bonds is 3. The maximum absolute atomic E-state index is 12.6. The van der Waals surface area contributed by atoms with Gasteiger partial charge in [-0.2, -0.15) is 5.10 Å². The molecule has 1 aliphatic heterocycles. The molecule has 3 rings (SSSR count). The maximum atomic E-state index is 12.6. The van der Waals surface area contributed by atoms with Gasteiger partial charge in [-0.3, -0.25) is 9.48 Å². The van der Waals surface area contributed by atoms with E-state index in [2.05, 4.69) is 42.8 Å². The molecule has 128 valence electrons.